The number of furan rings is 1. The number of hydrogen-bond acceptors (Lipinski definition) is 5. The van der Waals surface area contributed by atoms with Crippen molar-refractivity contribution in [1.82, 2.24) is 24.0 Å². The number of aliphatic hydroxyl groups excluding tert-OH is 1. The van der Waals surface area contributed by atoms with Gasteiger partial charge in [0.15, 0.2) is 5.76 Å². The number of fused-ring (bicyclic) bond motifs is 2. The molecule has 0 radical (unpaired) electrons. The number of carbonyl (C=O) groups is 1. The third-order valence-corrected chi connectivity index (χ3v) is 7.00. The van der Waals surface area contributed by atoms with Gasteiger partial charge < -0.3 is 23.6 Å². The SMILES string of the molecule is O=C(c1ccc(Cn2ccnc2)o1)N1C[C@H]2C[C@@H](n3cnc4ccccc43)[C@H](O)C[C@H]2C1. The molecule has 8 heteroatoms. The van der Waals surface area contributed by atoms with E-state index in [-0.39, 0.29) is 11.9 Å². The van der Waals surface area contributed by atoms with E-state index in [4.69, 9.17) is 4.42 Å². The molecule has 1 amide bonds. The second-order valence-corrected chi connectivity index (χ2v) is 8.98. The molecule has 1 saturated carbocycles. The first-order valence-corrected chi connectivity index (χ1v) is 11.1. The molecule has 3 aromatic heterocycles. The molecule has 0 bridgehead atoms. The van der Waals surface area contributed by atoms with Gasteiger partial charge >= 0.3 is 0 Å². The quantitative estimate of drug-likeness (QED) is 0.537. The van der Waals surface area contributed by atoms with Crippen molar-refractivity contribution in [2.45, 2.75) is 31.5 Å². The highest BCUT2D eigenvalue weighted by atomic mass is 16.4. The molecule has 0 spiro atoms. The summed E-state index contributed by atoms with van der Waals surface area (Å²) in [4.78, 5) is 23.5. The Hall–Kier alpha value is -3.39. The molecule has 6 rings (SSSR count). The normalized spacial score (nSPS) is 25.3. The van der Waals surface area contributed by atoms with E-state index >= 15 is 0 Å². The van der Waals surface area contributed by atoms with Gasteiger partial charge in [-0.3, -0.25) is 4.79 Å². The third kappa shape index (κ3) is 3.31. The Bertz CT molecular complexity index is 1240. The van der Waals surface area contributed by atoms with Gasteiger partial charge in [0.1, 0.15) is 5.76 Å². The van der Waals surface area contributed by atoms with Crippen LogP contribution in [0, 0.1) is 11.8 Å². The molecule has 1 aromatic carbocycles. The zero-order valence-electron chi connectivity index (χ0n) is 17.6. The van der Waals surface area contributed by atoms with Crippen LogP contribution < -0.4 is 0 Å². The number of nitrogens with zero attached hydrogens (tertiary/aromatic N) is 5. The molecular weight excluding hydrogens is 406 g/mol. The topological polar surface area (TPSA) is 89.3 Å². The Morgan fingerprint density at radius 3 is 2.78 bits per heavy atom. The van der Waals surface area contributed by atoms with Crippen LogP contribution >= 0.6 is 0 Å². The van der Waals surface area contributed by atoms with Crippen LogP contribution in [-0.2, 0) is 6.54 Å². The Morgan fingerprint density at radius 1 is 1.09 bits per heavy atom. The van der Waals surface area contributed by atoms with E-state index in [9.17, 15) is 9.90 Å². The maximum atomic E-state index is 13.1. The van der Waals surface area contributed by atoms with Crippen molar-refractivity contribution in [3.05, 3.63) is 73.0 Å². The molecule has 0 unspecified atom stereocenters. The summed E-state index contributed by atoms with van der Waals surface area (Å²) in [5.74, 6) is 1.69. The Kier molecular flexibility index (Phi) is 4.61. The lowest BCUT2D eigenvalue weighted by Crippen LogP contribution is -2.36. The molecule has 2 fully saturated rings. The first-order chi connectivity index (χ1) is 15.7. The molecule has 4 heterocycles. The summed E-state index contributed by atoms with van der Waals surface area (Å²) >= 11 is 0. The van der Waals surface area contributed by atoms with Gasteiger partial charge in [-0.05, 0) is 48.9 Å². The van der Waals surface area contributed by atoms with E-state index in [0.717, 1.165) is 23.2 Å². The largest absolute Gasteiger partial charge is 0.454 e. The van der Waals surface area contributed by atoms with Crippen molar-refractivity contribution in [2.24, 2.45) is 11.8 Å². The van der Waals surface area contributed by atoms with Gasteiger partial charge in [0, 0.05) is 25.5 Å². The molecule has 8 nitrogen and oxygen atoms in total. The van der Waals surface area contributed by atoms with Gasteiger partial charge in [0.25, 0.3) is 5.91 Å². The van der Waals surface area contributed by atoms with Crippen molar-refractivity contribution >= 4 is 16.9 Å². The van der Waals surface area contributed by atoms with Gasteiger partial charge in [0.2, 0.25) is 0 Å². The van der Waals surface area contributed by atoms with Crippen molar-refractivity contribution in [1.29, 1.82) is 0 Å². The monoisotopic (exact) mass is 431 g/mol. The second-order valence-electron chi connectivity index (χ2n) is 8.98. The minimum absolute atomic E-state index is 0.0240. The van der Waals surface area contributed by atoms with Crippen LogP contribution in [0.2, 0.25) is 0 Å². The number of para-hydroxylation sites is 2. The van der Waals surface area contributed by atoms with Crippen molar-refractivity contribution < 1.29 is 14.3 Å². The summed E-state index contributed by atoms with van der Waals surface area (Å²) in [5.41, 5.74) is 1.98. The molecule has 32 heavy (non-hydrogen) atoms. The number of aromatic nitrogens is 4. The van der Waals surface area contributed by atoms with E-state index in [1.165, 1.54) is 0 Å². The molecule has 4 aromatic rings. The van der Waals surface area contributed by atoms with Crippen molar-refractivity contribution in [3.8, 4) is 0 Å². The second kappa shape index (κ2) is 7.63. The summed E-state index contributed by atoms with van der Waals surface area (Å²) in [6.07, 6.45) is 8.21. The highest BCUT2D eigenvalue weighted by Gasteiger charge is 2.44. The van der Waals surface area contributed by atoms with Crippen LogP contribution in [0.4, 0.5) is 0 Å². The first kappa shape index (κ1) is 19.3. The van der Waals surface area contributed by atoms with Crippen LogP contribution in [0.5, 0.6) is 0 Å². The molecule has 1 aliphatic carbocycles. The van der Waals surface area contributed by atoms with Crippen LogP contribution in [0.15, 0.2) is 65.9 Å². The number of carbonyl (C=O) groups excluding carboxylic acids is 1. The van der Waals surface area contributed by atoms with Gasteiger partial charge in [-0.2, -0.15) is 0 Å². The summed E-state index contributed by atoms with van der Waals surface area (Å²) in [5, 5.41) is 10.9. The fourth-order valence-corrected chi connectivity index (χ4v) is 5.41. The zero-order chi connectivity index (χ0) is 21.7. The van der Waals surface area contributed by atoms with E-state index in [0.29, 0.717) is 43.7 Å². The number of imidazole rings is 2. The number of aliphatic hydroxyl groups is 1. The summed E-state index contributed by atoms with van der Waals surface area (Å²) < 4.78 is 9.84. The number of benzene rings is 1. The van der Waals surface area contributed by atoms with Crippen molar-refractivity contribution in [2.75, 3.05) is 13.1 Å². The Balaban J connectivity index is 1.16. The predicted molar refractivity (Wildman–Crippen MR) is 117 cm³/mol. The molecule has 164 valence electrons. The maximum absolute atomic E-state index is 13.1. The molecular formula is C24H25N5O3. The highest BCUT2D eigenvalue weighted by molar-refractivity contribution is 5.91. The van der Waals surface area contributed by atoms with Crippen LogP contribution in [-0.4, -0.2) is 54.2 Å². The Morgan fingerprint density at radius 2 is 1.94 bits per heavy atom. The van der Waals surface area contributed by atoms with E-state index in [2.05, 4.69) is 14.5 Å². The van der Waals surface area contributed by atoms with Gasteiger partial charge in [-0.1, -0.05) is 12.1 Å². The number of likely N-dealkylation sites (tertiary alicyclic amines) is 1. The summed E-state index contributed by atoms with van der Waals surface area (Å²) in [6.45, 7) is 1.90. The van der Waals surface area contributed by atoms with E-state index in [1.54, 1.807) is 18.6 Å². The van der Waals surface area contributed by atoms with E-state index < -0.39 is 6.10 Å². The third-order valence-electron chi connectivity index (χ3n) is 7.00. The van der Waals surface area contributed by atoms with E-state index in [1.807, 2.05) is 52.3 Å². The lowest BCUT2D eigenvalue weighted by atomic mass is 9.77. The first-order valence-electron chi connectivity index (χ1n) is 11.1. The predicted octanol–water partition coefficient (Wildman–Crippen LogP) is 2.96. The lowest BCUT2D eigenvalue weighted by molar-refractivity contribution is 0.0374. The molecule has 1 saturated heterocycles. The molecule has 2 aliphatic rings. The summed E-state index contributed by atoms with van der Waals surface area (Å²) in [7, 11) is 0. The highest BCUT2D eigenvalue weighted by Crippen LogP contribution is 2.42. The van der Waals surface area contributed by atoms with Crippen molar-refractivity contribution in [3.63, 3.8) is 0 Å². The fraction of sp³-hybridized carbons (Fsp3) is 0.375. The lowest BCUT2D eigenvalue weighted by Gasteiger charge is -2.36. The number of hydrogen-bond donors (Lipinski definition) is 1. The van der Waals surface area contributed by atoms with Crippen LogP contribution in [0.1, 0.15) is 35.2 Å². The smallest absolute Gasteiger partial charge is 0.289 e. The van der Waals surface area contributed by atoms with Gasteiger partial charge in [0.05, 0.1) is 42.4 Å². The van der Waals surface area contributed by atoms with Crippen LogP contribution in [0.25, 0.3) is 11.0 Å². The maximum Gasteiger partial charge on any atom is 0.289 e. The van der Waals surface area contributed by atoms with Gasteiger partial charge in [-0.15, -0.1) is 0 Å². The molecule has 1 N–H and O–H groups in total. The number of amides is 1. The Labute approximate surface area is 185 Å². The fourth-order valence-electron chi connectivity index (χ4n) is 5.41. The average molecular weight is 431 g/mol. The van der Waals surface area contributed by atoms with Crippen LogP contribution in [0.3, 0.4) is 0 Å². The van der Waals surface area contributed by atoms with Gasteiger partial charge in [-0.25, -0.2) is 9.97 Å². The standard InChI is InChI=1S/C24H25N5O3/c30-22-10-17-12-28(24(31)23-6-5-18(32-23)13-27-8-7-25-14-27)11-16(17)9-21(22)29-15-26-19-3-1-2-4-20(19)29/h1-8,14-17,21-22,30H,9-13H2/t16-,17+,21-,22-/m1/s1. The summed E-state index contributed by atoms with van der Waals surface area (Å²) in [6, 6.07) is 11.6. The minimum Gasteiger partial charge on any atom is -0.454 e. The molecule has 4 atom stereocenters. The molecule has 1 aliphatic heterocycles. The minimum atomic E-state index is -0.450. The zero-order valence-corrected chi connectivity index (χ0v) is 17.6. The average Bonchev–Trinajstić information content (AvgIpc) is 3.59. The number of rotatable bonds is 4.